The van der Waals surface area contributed by atoms with Crippen molar-refractivity contribution in [2.45, 2.75) is 51.5 Å². The van der Waals surface area contributed by atoms with Crippen LogP contribution in [-0.4, -0.2) is 37.1 Å². The zero-order chi connectivity index (χ0) is 13.5. The van der Waals surface area contributed by atoms with Crippen molar-refractivity contribution in [3.05, 3.63) is 0 Å². The van der Waals surface area contributed by atoms with Gasteiger partial charge in [-0.3, -0.25) is 4.99 Å². The minimum atomic E-state index is 0.690. The Bertz CT molecular complexity index is 287. The number of hydrogen-bond acceptors (Lipinski definition) is 2. The van der Waals surface area contributed by atoms with E-state index in [4.69, 9.17) is 0 Å². The summed E-state index contributed by atoms with van der Waals surface area (Å²) in [7, 11) is 0. The quantitative estimate of drug-likeness (QED) is 0.447. The van der Waals surface area contributed by atoms with Crippen LogP contribution in [0.5, 0.6) is 0 Å². The Labute approximate surface area is 122 Å². The Balaban J connectivity index is 1.74. The monoisotopic (exact) mass is 283 g/mol. The number of aliphatic imine (C=N–C) groups is 1. The fourth-order valence-electron chi connectivity index (χ4n) is 3.21. The van der Waals surface area contributed by atoms with E-state index in [1.807, 2.05) is 11.8 Å². The number of rotatable bonds is 6. The van der Waals surface area contributed by atoms with Crippen LogP contribution in [0.15, 0.2) is 4.99 Å². The Morgan fingerprint density at radius 3 is 2.74 bits per heavy atom. The Kier molecular flexibility index (Phi) is 6.35. The first-order valence-electron chi connectivity index (χ1n) is 7.89. The summed E-state index contributed by atoms with van der Waals surface area (Å²) in [4.78, 5) is 4.64. The summed E-state index contributed by atoms with van der Waals surface area (Å²) in [6.45, 7) is 4.00. The second-order valence-electron chi connectivity index (χ2n) is 5.80. The van der Waals surface area contributed by atoms with Crippen LogP contribution in [0.1, 0.15) is 45.4 Å². The maximum absolute atomic E-state index is 4.64. The van der Waals surface area contributed by atoms with Gasteiger partial charge in [0.2, 0.25) is 0 Å². The Morgan fingerprint density at radius 2 is 2.05 bits per heavy atom. The molecule has 0 saturated heterocycles. The Hall–Kier alpha value is -0.380. The minimum absolute atomic E-state index is 0.690. The summed E-state index contributed by atoms with van der Waals surface area (Å²) in [5, 5.41) is 6.99. The van der Waals surface area contributed by atoms with Crippen molar-refractivity contribution >= 4 is 17.7 Å². The predicted molar refractivity (Wildman–Crippen MR) is 86.0 cm³/mol. The molecule has 0 bridgehead atoms. The molecule has 2 rings (SSSR count). The lowest BCUT2D eigenvalue weighted by atomic mass is 9.85. The molecule has 2 saturated carbocycles. The van der Waals surface area contributed by atoms with Crippen molar-refractivity contribution in [1.82, 2.24) is 10.6 Å². The number of thioether (sulfide) groups is 1. The first-order chi connectivity index (χ1) is 9.35. The SMILES string of the molecule is CCNC(=NCCSC)NC1CC1C1CCCCC1. The van der Waals surface area contributed by atoms with Crippen molar-refractivity contribution in [3.8, 4) is 0 Å². The van der Waals surface area contributed by atoms with Crippen LogP contribution in [0.4, 0.5) is 0 Å². The molecule has 0 aromatic heterocycles. The van der Waals surface area contributed by atoms with E-state index >= 15 is 0 Å². The van der Waals surface area contributed by atoms with Crippen LogP contribution >= 0.6 is 11.8 Å². The molecule has 2 N–H and O–H groups in total. The molecule has 0 aromatic rings. The average molecular weight is 283 g/mol. The summed E-state index contributed by atoms with van der Waals surface area (Å²) >= 11 is 1.86. The third-order valence-corrected chi connectivity index (χ3v) is 4.92. The molecule has 3 nitrogen and oxygen atoms in total. The molecular weight excluding hydrogens is 254 g/mol. The molecule has 110 valence electrons. The van der Waals surface area contributed by atoms with Crippen molar-refractivity contribution in [2.75, 3.05) is 25.1 Å². The first-order valence-corrected chi connectivity index (χ1v) is 9.28. The predicted octanol–water partition coefficient (Wildman–Crippen LogP) is 2.87. The number of nitrogens with zero attached hydrogens (tertiary/aromatic N) is 1. The molecule has 4 heteroatoms. The molecular formula is C15H29N3S. The molecule has 2 aliphatic carbocycles. The lowest BCUT2D eigenvalue weighted by Gasteiger charge is -2.22. The van der Waals surface area contributed by atoms with Crippen LogP contribution in [0.25, 0.3) is 0 Å². The van der Waals surface area contributed by atoms with E-state index in [0.717, 1.165) is 36.6 Å². The van der Waals surface area contributed by atoms with E-state index in [2.05, 4.69) is 28.8 Å². The van der Waals surface area contributed by atoms with Crippen molar-refractivity contribution in [3.63, 3.8) is 0 Å². The maximum Gasteiger partial charge on any atom is 0.191 e. The van der Waals surface area contributed by atoms with Gasteiger partial charge in [-0.2, -0.15) is 11.8 Å². The third-order valence-electron chi connectivity index (χ3n) is 4.33. The molecule has 2 atom stereocenters. The van der Waals surface area contributed by atoms with Crippen LogP contribution in [0.2, 0.25) is 0 Å². The lowest BCUT2D eigenvalue weighted by Crippen LogP contribution is -2.39. The highest BCUT2D eigenvalue weighted by molar-refractivity contribution is 7.98. The molecule has 2 fully saturated rings. The maximum atomic E-state index is 4.64. The van der Waals surface area contributed by atoms with Gasteiger partial charge in [-0.05, 0) is 31.4 Å². The summed E-state index contributed by atoms with van der Waals surface area (Å²) in [5.74, 6) is 4.04. The van der Waals surface area contributed by atoms with E-state index < -0.39 is 0 Å². The van der Waals surface area contributed by atoms with Gasteiger partial charge in [0.1, 0.15) is 0 Å². The molecule has 0 heterocycles. The highest BCUT2D eigenvalue weighted by Crippen LogP contribution is 2.44. The van der Waals surface area contributed by atoms with E-state index in [1.54, 1.807) is 0 Å². The van der Waals surface area contributed by atoms with Gasteiger partial charge in [-0.15, -0.1) is 0 Å². The molecule has 0 amide bonds. The fourth-order valence-corrected chi connectivity index (χ4v) is 3.48. The molecule has 0 spiro atoms. The van der Waals surface area contributed by atoms with Crippen LogP contribution in [0, 0.1) is 11.8 Å². The molecule has 0 radical (unpaired) electrons. The van der Waals surface area contributed by atoms with Crippen molar-refractivity contribution in [1.29, 1.82) is 0 Å². The zero-order valence-corrected chi connectivity index (χ0v) is 13.3. The number of guanidine groups is 1. The highest BCUT2D eigenvalue weighted by atomic mass is 32.2. The zero-order valence-electron chi connectivity index (χ0n) is 12.5. The topological polar surface area (TPSA) is 36.4 Å². The molecule has 0 aliphatic heterocycles. The normalized spacial score (nSPS) is 28.2. The van der Waals surface area contributed by atoms with Gasteiger partial charge in [0.25, 0.3) is 0 Å². The number of nitrogens with one attached hydrogen (secondary N) is 2. The first kappa shape index (κ1) is 15.0. The summed E-state index contributed by atoms with van der Waals surface area (Å²) in [6, 6.07) is 0.690. The van der Waals surface area contributed by atoms with Crippen molar-refractivity contribution in [2.24, 2.45) is 16.8 Å². The van der Waals surface area contributed by atoms with Crippen LogP contribution in [0.3, 0.4) is 0 Å². The van der Waals surface area contributed by atoms with Gasteiger partial charge in [-0.1, -0.05) is 32.1 Å². The third kappa shape index (κ3) is 4.90. The highest BCUT2D eigenvalue weighted by Gasteiger charge is 2.43. The summed E-state index contributed by atoms with van der Waals surface area (Å²) < 4.78 is 0. The van der Waals surface area contributed by atoms with E-state index in [9.17, 15) is 0 Å². The van der Waals surface area contributed by atoms with Gasteiger partial charge in [0.15, 0.2) is 5.96 Å². The van der Waals surface area contributed by atoms with Crippen molar-refractivity contribution < 1.29 is 0 Å². The second-order valence-corrected chi connectivity index (χ2v) is 6.79. The lowest BCUT2D eigenvalue weighted by molar-refractivity contribution is 0.315. The van der Waals surface area contributed by atoms with Crippen LogP contribution in [-0.2, 0) is 0 Å². The molecule has 19 heavy (non-hydrogen) atoms. The minimum Gasteiger partial charge on any atom is -0.357 e. The summed E-state index contributed by atoms with van der Waals surface area (Å²) in [6.07, 6.45) is 10.8. The van der Waals surface area contributed by atoms with E-state index in [1.165, 1.54) is 38.5 Å². The van der Waals surface area contributed by atoms with Gasteiger partial charge >= 0.3 is 0 Å². The largest absolute Gasteiger partial charge is 0.357 e. The van der Waals surface area contributed by atoms with Gasteiger partial charge in [0.05, 0.1) is 6.54 Å². The fraction of sp³-hybridized carbons (Fsp3) is 0.933. The smallest absolute Gasteiger partial charge is 0.191 e. The second kappa shape index (κ2) is 8.03. The van der Waals surface area contributed by atoms with Gasteiger partial charge in [0, 0.05) is 18.3 Å². The number of hydrogen-bond donors (Lipinski definition) is 2. The molecule has 2 aliphatic rings. The van der Waals surface area contributed by atoms with E-state index in [-0.39, 0.29) is 0 Å². The van der Waals surface area contributed by atoms with E-state index in [0.29, 0.717) is 6.04 Å². The average Bonchev–Trinajstić information content (AvgIpc) is 3.19. The van der Waals surface area contributed by atoms with Gasteiger partial charge in [-0.25, -0.2) is 0 Å². The Morgan fingerprint density at radius 1 is 1.26 bits per heavy atom. The standard InChI is InChI=1S/C15H29N3S/c1-3-16-15(17-9-10-19-2)18-14-11-13(14)12-7-5-4-6-8-12/h12-14H,3-11H2,1-2H3,(H2,16,17,18). The van der Waals surface area contributed by atoms with Gasteiger partial charge < -0.3 is 10.6 Å². The molecule has 0 aromatic carbocycles. The molecule has 2 unspecified atom stereocenters. The van der Waals surface area contributed by atoms with Crippen LogP contribution < -0.4 is 10.6 Å². The summed E-state index contributed by atoms with van der Waals surface area (Å²) in [5.41, 5.74) is 0.